The Balaban J connectivity index is 1.35. The summed E-state index contributed by atoms with van der Waals surface area (Å²) in [5.74, 6) is -0.107. The largest absolute Gasteiger partial charge is 0.378 e. The number of hydrazone groups is 1. The van der Waals surface area contributed by atoms with Gasteiger partial charge in [0, 0.05) is 22.8 Å². The minimum atomic E-state index is -0.107. The minimum Gasteiger partial charge on any atom is -0.378 e. The number of carbonyl (C=O) groups excluding carboxylic acids is 1. The molecule has 1 N–H and O–H groups in total. The van der Waals surface area contributed by atoms with Crippen LogP contribution in [0.15, 0.2) is 23.3 Å². The number of anilines is 1. The van der Waals surface area contributed by atoms with Gasteiger partial charge in [0.2, 0.25) is 0 Å². The first-order valence-electron chi connectivity index (χ1n) is 9.17. The van der Waals surface area contributed by atoms with Crippen LogP contribution in [0.4, 0.5) is 5.00 Å². The molecule has 138 valence electrons. The van der Waals surface area contributed by atoms with E-state index in [-0.39, 0.29) is 5.91 Å². The van der Waals surface area contributed by atoms with Crippen LogP contribution in [-0.2, 0) is 17.6 Å². The van der Waals surface area contributed by atoms with Crippen LogP contribution in [0.25, 0.3) is 0 Å². The zero-order chi connectivity index (χ0) is 17.8. The molecule has 3 heterocycles. The summed E-state index contributed by atoms with van der Waals surface area (Å²) in [5.41, 5.74) is 4.03. The Hall–Kier alpha value is -1.70. The summed E-state index contributed by atoms with van der Waals surface area (Å²) >= 11 is 3.31. The summed E-state index contributed by atoms with van der Waals surface area (Å²) in [4.78, 5) is 17.9. The number of nitrogens with one attached hydrogen (secondary N) is 1. The van der Waals surface area contributed by atoms with Crippen LogP contribution in [0, 0.1) is 0 Å². The van der Waals surface area contributed by atoms with Crippen LogP contribution < -0.4 is 10.3 Å². The molecule has 1 aliphatic heterocycles. The molecule has 0 spiro atoms. The molecule has 26 heavy (non-hydrogen) atoms. The quantitative estimate of drug-likeness (QED) is 0.493. The van der Waals surface area contributed by atoms with Gasteiger partial charge in [0.25, 0.3) is 5.91 Å². The van der Waals surface area contributed by atoms with Crippen molar-refractivity contribution in [2.75, 3.05) is 31.2 Å². The highest BCUT2D eigenvalue weighted by Crippen LogP contribution is 2.29. The molecule has 7 heteroatoms. The van der Waals surface area contributed by atoms with E-state index in [1.165, 1.54) is 34.7 Å². The lowest BCUT2D eigenvalue weighted by Crippen LogP contribution is -2.35. The van der Waals surface area contributed by atoms with Crippen molar-refractivity contribution in [1.29, 1.82) is 0 Å². The lowest BCUT2D eigenvalue weighted by atomic mass is 10.1. The normalized spacial score (nSPS) is 17.9. The minimum absolute atomic E-state index is 0.107. The van der Waals surface area contributed by atoms with Gasteiger partial charge >= 0.3 is 0 Å². The standard InChI is InChI=1S/C19H23N3O2S2/c23-19(17-12-14-4-2-1-3-5-16(14)26-17)21-20-13-15-6-7-18(25-15)22-8-10-24-11-9-22/h6-7,12-13H,1-5,8-11H2,(H,21,23)/b20-13-. The zero-order valence-corrected chi connectivity index (χ0v) is 16.3. The summed E-state index contributed by atoms with van der Waals surface area (Å²) in [6.07, 6.45) is 7.69. The summed E-state index contributed by atoms with van der Waals surface area (Å²) < 4.78 is 5.39. The number of hydrogen-bond donors (Lipinski definition) is 1. The Kier molecular flexibility index (Phi) is 5.67. The molecule has 2 aliphatic rings. The Morgan fingerprint density at radius 2 is 2.00 bits per heavy atom. The van der Waals surface area contributed by atoms with Crippen LogP contribution in [-0.4, -0.2) is 38.4 Å². The Bertz CT molecular complexity index is 767. The van der Waals surface area contributed by atoms with E-state index >= 15 is 0 Å². The van der Waals surface area contributed by atoms with Gasteiger partial charge in [-0.2, -0.15) is 5.10 Å². The molecule has 1 aliphatic carbocycles. The topological polar surface area (TPSA) is 53.9 Å². The number of morpholine rings is 1. The Labute approximate surface area is 161 Å². The maximum absolute atomic E-state index is 12.4. The Morgan fingerprint density at radius 3 is 2.88 bits per heavy atom. The molecule has 0 saturated carbocycles. The number of fused-ring (bicyclic) bond motifs is 1. The maximum Gasteiger partial charge on any atom is 0.281 e. The first-order chi connectivity index (χ1) is 12.8. The highest BCUT2D eigenvalue weighted by atomic mass is 32.1. The van der Waals surface area contributed by atoms with E-state index in [1.807, 2.05) is 6.07 Å². The molecule has 1 saturated heterocycles. The number of ether oxygens (including phenoxy) is 1. The lowest BCUT2D eigenvalue weighted by molar-refractivity contribution is 0.0959. The van der Waals surface area contributed by atoms with Crippen LogP contribution in [0.1, 0.15) is 44.3 Å². The average molecular weight is 390 g/mol. The van der Waals surface area contributed by atoms with Crippen molar-refractivity contribution < 1.29 is 9.53 Å². The van der Waals surface area contributed by atoms with E-state index in [1.54, 1.807) is 28.9 Å². The van der Waals surface area contributed by atoms with Gasteiger partial charge in [-0.3, -0.25) is 4.79 Å². The predicted molar refractivity (Wildman–Crippen MR) is 108 cm³/mol. The molecule has 1 amide bonds. The monoisotopic (exact) mass is 389 g/mol. The van der Waals surface area contributed by atoms with Crippen molar-refractivity contribution in [2.45, 2.75) is 32.1 Å². The van der Waals surface area contributed by atoms with Crippen molar-refractivity contribution in [3.63, 3.8) is 0 Å². The molecule has 1 fully saturated rings. The van der Waals surface area contributed by atoms with Crippen LogP contribution >= 0.6 is 22.7 Å². The van der Waals surface area contributed by atoms with Gasteiger partial charge in [0.15, 0.2) is 0 Å². The number of hydrogen-bond acceptors (Lipinski definition) is 6. The number of amides is 1. The Morgan fingerprint density at radius 1 is 1.15 bits per heavy atom. The molecule has 0 atom stereocenters. The highest BCUT2D eigenvalue weighted by molar-refractivity contribution is 7.17. The number of aryl methyl sites for hydroxylation is 2. The number of rotatable bonds is 4. The maximum atomic E-state index is 12.4. The SMILES string of the molecule is O=C(N/N=C\c1ccc(N2CCOCC2)s1)c1cc2c(s1)CCCCC2. The van der Waals surface area contributed by atoms with Crippen LogP contribution in [0.2, 0.25) is 0 Å². The summed E-state index contributed by atoms with van der Waals surface area (Å²) in [6.45, 7) is 3.41. The molecule has 2 aromatic rings. The molecule has 0 aromatic carbocycles. The van der Waals surface area contributed by atoms with Crippen LogP contribution in [0.3, 0.4) is 0 Å². The third-order valence-corrected chi connectivity index (χ3v) is 7.08. The van der Waals surface area contributed by atoms with Crippen molar-refractivity contribution >= 4 is 39.8 Å². The third kappa shape index (κ3) is 4.16. The summed E-state index contributed by atoms with van der Waals surface area (Å²) in [6, 6.07) is 6.20. The molecule has 0 unspecified atom stereocenters. The van der Waals surface area contributed by atoms with Gasteiger partial charge in [-0.25, -0.2) is 5.43 Å². The van der Waals surface area contributed by atoms with Crippen molar-refractivity contribution in [3.05, 3.63) is 38.4 Å². The van der Waals surface area contributed by atoms with Gasteiger partial charge in [-0.15, -0.1) is 22.7 Å². The van der Waals surface area contributed by atoms with E-state index < -0.39 is 0 Å². The van der Waals surface area contributed by atoms with Gasteiger partial charge in [0.05, 0.1) is 29.3 Å². The van der Waals surface area contributed by atoms with Crippen molar-refractivity contribution in [2.24, 2.45) is 5.10 Å². The second-order valence-corrected chi connectivity index (χ2v) is 8.82. The number of carbonyl (C=O) groups is 1. The first kappa shape index (κ1) is 17.7. The summed E-state index contributed by atoms with van der Waals surface area (Å²) in [7, 11) is 0. The third-order valence-electron chi connectivity index (χ3n) is 4.76. The van der Waals surface area contributed by atoms with Gasteiger partial charge in [-0.05, 0) is 49.4 Å². The molecule has 5 nitrogen and oxygen atoms in total. The fourth-order valence-corrected chi connectivity index (χ4v) is 5.43. The second-order valence-electron chi connectivity index (χ2n) is 6.59. The predicted octanol–water partition coefficient (Wildman–Crippen LogP) is 3.68. The number of nitrogens with zero attached hydrogens (tertiary/aromatic N) is 2. The van der Waals surface area contributed by atoms with Gasteiger partial charge in [0.1, 0.15) is 0 Å². The zero-order valence-electron chi connectivity index (χ0n) is 14.7. The van der Waals surface area contributed by atoms with Gasteiger partial charge in [-0.1, -0.05) is 6.42 Å². The van der Waals surface area contributed by atoms with E-state index in [4.69, 9.17) is 4.74 Å². The van der Waals surface area contributed by atoms with E-state index in [0.717, 1.165) is 48.9 Å². The molecule has 4 rings (SSSR count). The van der Waals surface area contributed by atoms with Gasteiger partial charge < -0.3 is 9.64 Å². The fourth-order valence-electron chi connectivity index (χ4n) is 3.35. The molecule has 0 bridgehead atoms. The fraction of sp³-hybridized carbons (Fsp3) is 0.474. The molecule has 2 aromatic heterocycles. The second kappa shape index (κ2) is 8.33. The van der Waals surface area contributed by atoms with E-state index in [2.05, 4.69) is 27.6 Å². The molecule has 0 radical (unpaired) electrons. The first-order valence-corrected chi connectivity index (χ1v) is 10.8. The van der Waals surface area contributed by atoms with Crippen molar-refractivity contribution in [1.82, 2.24) is 5.43 Å². The number of thiophene rings is 2. The average Bonchev–Trinajstić information content (AvgIpc) is 3.25. The van der Waals surface area contributed by atoms with Crippen LogP contribution in [0.5, 0.6) is 0 Å². The smallest absolute Gasteiger partial charge is 0.281 e. The summed E-state index contributed by atoms with van der Waals surface area (Å²) in [5, 5.41) is 5.38. The van der Waals surface area contributed by atoms with E-state index in [0.29, 0.717) is 0 Å². The highest BCUT2D eigenvalue weighted by Gasteiger charge is 2.16. The molecular formula is C19H23N3O2S2. The van der Waals surface area contributed by atoms with E-state index in [9.17, 15) is 4.79 Å². The van der Waals surface area contributed by atoms with Crippen molar-refractivity contribution in [3.8, 4) is 0 Å². The lowest BCUT2D eigenvalue weighted by Gasteiger charge is -2.27. The molecular weight excluding hydrogens is 366 g/mol.